The van der Waals surface area contributed by atoms with Gasteiger partial charge in [-0.1, -0.05) is 26.7 Å². The summed E-state index contributed by atoms with van der Waals surface area (Å²) >= 11 is 0. The average Bonchev–Trinajstić information content (AvgIpc) is 2.31. The summed E-state index contributed by atoms with van der Waals surface area (Å²) in [6.45, 7) is 7.55. The lowest BCUT2D eigenvalue weighted by molar-refractivity contribution is -0.141. The van der Waals surface area contributed by atoms with E-state index in [4.69, 9.17) is 12.2 Å². The highest BCUT2D eigenvalue weighted by atomic mass is 16.2. The summed E-state index contributed by atoms with van der Waals surface area (Å²) in [6, 6.07) is 0. The van der Waals surface area contributed by atoms with Crippen molar-refractivity contribution in [2.75, 3.05) is 19.6 Å². The Kier molecular flexibility index (Phi) is 6.83. The number of hydrogen-bond donors (Lipinski definition) is 1. The second-order valence-electron chi connectivity index (χ2n) is 4.12. The largest absolute Gasteiger partial charge is 0.331 e. The molecule has 1 amide bonds. The Labute approximate surface area is 99.4 Å². The van der Waals surface area contributed by atoms with Crippen molar-refractivity contribution in [2.24, 2.45) is 11.1 Å². The van der Waals surface area contributed by atoms with Gasteiger partial charge in [-0.05, 0) is 19.3 Å². The summed E-state index contributed by atoms with van der Waals surface area (Å²) in [5.41, 5.74) is 5.34. The van der Waals surface area contributed by atoms with Gasteiger partial charge in [0.15, 0.2) is 0 Å². The SMILES string of the molecule is C#CCN(CCC)C(=O)C(CC)(CC)CN. The molecule has 0 atom stereocenters. The van der Waals surface area contributed by atoms with E-state index in [1.54, 1.807) is 4.90 Å². The van der Waals surface area contributed by atoms with Gasteiger partial charge in [-0.25, -0.2) is 0 Å². The van der Waals surface area contributed by atoms with Crippen LogP contribution in [-0.4, -0.2) is 30.4 Å². The molecule has 2 N–H and O–H groups in total. The minimum Gasteiger partial charge on any atom is -0.331 e. The predicted octanol–water partition coefficient (Wildman–Crippen LogP) is 1.62. The lowest BCUT2D eigenvalue weighted by Gasteiger charge is -2.34. The second-order valence-corrected chi connectivity index (χ2v) is 4.12. The van der Waals surface area contributed by atoms with Crippen LogP contribution in [0.1, 0.15) is 40.0 Å². The topological polar surface area (TPSA) is 46.3 Å². The summed E-state index contributed by atoms with van der Waals surface area (Å²) < 4.78 is 0. The molecule has 0 aliphatic rings. The molecular weight excluding hydrogens is 200 g/mol. The molecule has 0 aromatic rings. The Morgan fingerprint density at radius 1 is 1.38 bits per heavy atom. The Balaban J connectivity index is 4.87. The molecule has 0 fully saturated rings. The molecular formula is C13H24N2O. The normalized spacial score (nSPS) is 10.9. The van der Waals surface area contributed by atoms with Crippen LogP contribution < -0.4 is 5.73 Å². The third-order valence-corrected chi connectivity index (χ3v) is 3.26. The molecule has 0 bridgehead atoms. The van der Waals surface area contributed by atoms with E-state index in [0.717, 1.165) is 19.3 Å². The second kappa shape index (κ2) is 7.29. The minimum atomic E-state index is -0.425. The van der Waals surface area contributed by atoms with Crippen LogP contribution in [0.4, 0.5) is 0 Å². The fourth-order valence-electron chi connectivity index (χ4n) is 1.90. The number of nitrogens with two attached hydrogens (primary N) is 1. The van der Waals surface area contributed by atoms with Gasteiger partial charge in [0.2, 0.25) is 5.91 Å². The maximum Gasteiger partial charge on any atom is 0.230 e. The molecule has 0 aliphatic carbocycles. The van der Waals surface area contributed by atoms with Crippen molar-refractivity contribution in [3.05, 3.63) is 0 Å². The summed E-state index contributed by atoms with van der Waals surface area (Å²) in [4.78, 5) is 14.1. The van der Waals surface area contributed by atoms with Gasteiger partial charge in [0.1, 0.15) is 0 Å². The van der Waals surface area contributed by atoms with Gasteiger partial charge in [-0.3, -0.25) is 4.79 Å². The first-order valence-electron chi connectivity index (χ1n) is 6.04. The molecule has 0 aromatic carbocycles. The van der Waals surface area contributed by atoms with Crippen LogP contribution >= 0.6 is 0 Å². The number of terminal acetylenes is 1. The molecule has 0 radical (unpaired) electrons. The number of nitrogens with zero attached hydrogens (tertiary/aromatic N) is 1. The molecule has 3 nitrogen and oxygen atoms in total. The van der Waals surface area contributed by atoms with E-state index in [1.807, 2.05) is 20.8 Å². The Hall–Kier alpha value is -1.01. The molecule has 0 saturated heterocycles. The molecule has 16 heavy (non-hydrogen) atoms. The van der Waals surface area contributed by atoms with Gasteiger partial charge in [-0.15, -0.1) is 6.42 Å². The minimum absolute atomic E-state index is 0.111. The van der Waals surface area contributed by atoms with E-state index < -0.39 is 5.41 Å². The summed E-state index contributed by atoms with van der Waals surface area (Å²) in [5, 5.41) is 0. The monoisotopic (exact) mass is 224 g/mol. The van der Waals surface area contributed by atoms with Crippen molar-refractivity contribution in [1.82, 2.24) is 4.90 Å². The van der Waals surface area contributed by atoms with E-state index in [1.165, 1.54) is 0 Å². The van der Waals surface area contributed by atoms with E-state index in [0.29, 0.717) is 19.6 Å². The van der Waals surface area contributed by atoms with Crippen LogP contribution in [0.25, 0.3) is 0 Å². The van der Waals surface area contributed by atoms with Crippen molar-refractivity contribution >= 4 is 5.91 Å². The lowest BCUT2D eigenvalue weighted by Crippen LogP contribution is -2.48. The summed E-state index contributed by atoms with van der Waals surface area (Å²) in [7, 11) is 0. The highest BCUT2D eigenvalue weighted by Gasteiger charge is 2.36. The first kappa shape index (κ1) is 15.0. The maximum absolute atomic E-state index is 12.4. The van der Waals surface area contributed by atoms with Gasteiger partial charge in [-0.2, -0.15) is 0 Å². The highest BCUT2D eigenvalue weighted by Crippen LogP contribution is 2.27. The van der Waals surface area contributed by atoms with Crippen molar-refractivity contribution in [1.29, 1.82) is 0 Å². The Bertz CT molecular complexity index is 243. The summed E-state index contributed by atoms with van der Waals surface area (Å²) in [6.07, 6.45) is 7.74. The van der Waals surface area contributed by atoms with E-state index in [2.05, 4.69) is 5.92 Å². The van der Waals surface area contributed by atoms with Crippen LogP contribution in [0.3, 0.4) is 0 Å². The van der Waals surface area contributed by atoms with Crippen molar-refractivity contribution in [2.45, 2.75) is 40.0 Å². The number of rotatable bonds is 7. The average molecular weight is 224 g/mol. The third kappa shape index (κ3) is 3.24. The fourth-order valence-corrected chi connectivity index (χ4v) is 1.90. The smallest absolute Gasteiger partial charge is 0.230 e. The number of amides is 1. The lowest BCUT2D eigenvalue weighted by atomic mass is 9.81. The van der Waals surface area contributed by atoms with Gasteiger partial charge < -0.3 is 10.6 Å². The van der Waals surface area contributed by atoms with Crippen molar-refractivity contribution in [3.8, 4) is 12.3 Å². The van der Waals surface area contributed by atoms with Crippen LogP contribution in [-0.2, 0) is 4.79 Å². The zero-order chi connectivity index (χ0) is 12.6. The molecule has 0 unspecified atom stereocenters. The Morgan fingerprint density at radius 3 is 2.25 bits per heavy atom. The van der Waals surface area contributed by atoms with Crippen LogP contribution in [0.15, 0.2) is 0 Å². The molecule has 0 rings (SSSR count). The zero-order valence-electron chi connectivity index (χ0n) is 10.8. The fraction of sp³-hybridized carbons (Fsp3) is 0.769. The molecule has 0 spiro atoms. The maximum atomic E-state index is 12.4. The third-order valence-electron chi connectivity index (χ3n) is 3.26. The highest BCUT2D eigenvalue weighted by molar-refractivity contribution is 5.83. The van der Waals surface area contributed by atoms with E-state index >= 15 is 0 Å². The van der Waals surface area contributed by atoms with Crippen LogP contribution in [0.5, 0.6) is 0 Å². The standard InChI is InChI=1S/C13H24N2O/c1-5-9-15(10-6-2)12(16)13(7-3,8-4)11-14/h1H,6-11,14H2,2-4H3. The van der Waals surface area contributed by atoms with Gasteiger partial charge in [0.25, 0.3) is 0 Å². The predicted molar refractivity (Wildman–Crippen MR) is 67.8 cm³/mol. The first-order chi connectivity index (χ1) is 7.61. The molecule has 0 saturated carbocycles. The zero-order valence-corrected chi connectivity index (χ0v) is 10.8. The Morgan fingerprint density at radius 2 is 1.94 bits per heavy atom. The van der Waals surface area contributed by atoms with Gasteiger partial charge >= 0.3 is 0 Å². The first-order valence-corrected chi connectivity index (χ1v) is 6.04. The quantitative estimate of drug-likeness (QED) is 0.668. The number of carbonyl (C=O) groups is 1. The van der Waals surface area contributed by atoms with Crippen LogP contribution in [0.2, 0.25) is 0 Å². The van der Waals surface area contributed by atoms with Gasteiger partial charge in [0.05, 0.1) is 12.0 Å². The number of carbonyl (C=O) groups excluding carboxylic acids is 1. The van der Waals surface area contributed by atoms with Crippen molar-refractivity contribution < 1.29 is 4.79 Å². The molecule has 0 aliphatic heterocycles. The van der Waals surface area contributed by atoms with Crippen LogP contribution in [0, 0.1) is 17.8 Å². The van der Waals surface area contributed by atoms with Crippen molar-refractivity contribution in [3.63, 3.8) is 0 Å². The molecule has 0 heterocycles. The van der Waals surface area contributed by atoms with E-state index in [9.17, 15) is 4.79 Å². The summed E-state index contributed by atoms with van der Waals surface area (Å²) in [5.74, 6) is 2.65. The van der Waals surface area contributed by atoms with Gasteiger partial charge in [0, 0.05) is 13.1 Å². The molecule has 92 valence electrons. The van der Waals surface area contributed by atoms with E-state index in [-0.39, 0.29) is 5.91 Å². The molecule has 3 heteroatoms. The number of hydrogen-bond acceptors (Lipinski definition) is 2. The molecule has 0 aromatic heterocycles.